The highest BCUT2D eigenvalue weighted by molar-refractivity contribution is 5.85. The fourth-order valence-corrected chi connectivity index (χ4v) is 5.10. The van der Waals surface area contributed by atoms with Crippen LogP contribution in [0.5, 0.6) is 0 Å². The maximum atomic E-state index is 11.5. The number of benzene rings is 1. The lowest BCUT2D eigenvalue weighted by Gasteiger charge is -2.26. The molecule has 28 heavy (non-hydrogen) atoms. The van der Waals surface area contributed by atoms with Gasteiger partial charge < -0.3 is 19.8 Å². The van der Waals surface area contributed by atoms with Crippen molar-refractivity contribution in [3.05, 3.63) is 59.9 Å². The zero-order valence-corrected chi connectivity index (χ0v) is 16.6. The Morgan fingerprint density at radius 1 is 1.14 bits per heavy atom. The number of nitrogens with one attached hydrogen (secondary N) is 1. The molecular weight excluding hydrogens is 352 g/mol. The standard InChI is InChI=1S/C18H25NO.C5H5NO2/c1-19(2)18-11-15-9-14(10-16(15)17(18)12-20)8-13-6-4-3-5-7-13;7-5(8)4-2-1-3-6-4/h3-7,12,14-18H,8-11H2,1-2H3;1-3,6H,(H,7,8). The van der Waals surface area contributed by atoms with E-state index in [1.165, 1.54) is 43.6 Å². The van der Waals surface area contributed by atoms with Gasteiger partial charge in [-0.2, -0.15) is 0 Å². The number of carboxylic acid groups (broad SMARTS) is 1. The molecule has 2 aromatic rings. The Morgan fingerprint density at radius 3 is 2.43 bits per heavy atom. The maximum absolute atomic E-state index is 11.5. The van der Waals surface area contributed by atoms with Gasteiger partial charge in [0.1, 0.15) is 12.0 Å². The second-order valence-electron chi connectivity index (χ2n) is 8.32. The molecule has 5 unspecified atom stereocenters. The molecule has 2 aliphatic carbocycles. The molecule has 5 heteroatoms. The fourth-order valence-electron chi connectivity index (χ4n) is 5.10. The Balaban J connectivity index is 0.000000236. The highest BCUT2D eigenvalue weighted by Gasteiger charge is 2.48. The van der Waals surface area contributed by atoms with Crippen molar-refractivity contribution in [3.63, 3.8) is 0 Å². The maximum Gasteiger partial charge on any atom is 0.352 e. The van der Waals surface area contributed by atoms with E-state index in [1.54, 1.807) is 12.3 Å². The second kappa shape index (κ2) is 9.20. The van der Waals surface area contributed by atoms with Gasteiger partial charge in [0.2, 0.25) is 0 Å². The van der Waals surface area contributed by atoms with Crippen molar-refractivity contribution < 1.29 is 14.7 Å². The highest BCUT2D eigenvalue weighted by atomic mass is 16.4. The zero-order valence-electron chi connectivity index (χ0n) is 16.6. The van der Waals surface area contributed by atoms with Crippen molar-refractivity contribution in [1.29, 1.82) is 0 Å². The molecule has 5 atom stereocenters. The summed E-state index contributed by atoms with van der Waals surface area (Å²) in [5, 5.41) is 8.24. The third kappa shape index (κ3) is 4.71. The Labute approximate surface area is 166 Å². The van der Waals surface area contributed by atoms with Crippen LogP contribution in [0.15, 0.2) is 48.7 Å². The first-order valence-electron chi connectivity index (χ1n) is 10.0. The predicted molar refractivity (Wildman–Crippen MR) is 109 cm³/mol. The lowest BCUT2D eigenvalue weighted by molar-refractivity contribution is -0.113. The molecule has 4 rings (SSSR count). The van der Waals surface area contributed by atoms with E-state index >= 15 is 0 Å². The zero-order chi connectivity index (χ0) is 20.1. The first kappa shape index (κ1) is 20.3. The minimum atomic E-state index is -0.921. The number of nitrogens with zero attached hydrogens (tertiary/aromatic N) is 1. The van der Waals surface area contributed by atoms with E-state index in [1.807, 2.05) is 0 Å². The minimum absolute atomic E-state index is 0.227. The Kier molecular flexibility index (Phi) is 6.68. The van der Waals surface area contributed by atoms with Crippen molar-refractivity contribution in [3.8, 4) is 0 Å². The van der Waals surface area contributed by atoms with Crippen molar-refractivity contribution in [2.75, 3.05) is 14.1 Å². The predicted octanol–water partition coefficient (Wildman–Crippen LogP) is 3.73. The fraction of sp³-hybridized carbons (Fsp3) is 0.478. The first-order valence-corrected chi connectivity index (χ1v) is 10.0. The van der Waals surface area contributed by atoms with Crippen LogP contribution in [0.4, 0.5) is 0 Å². The van der Waals surface area contributed by atoms with Gasteiger partial charge in [-0.05, 0) is 75.2 Å². The van der Waals surface area contributed by atoms with E-state index in [0.717, 1.165) is 11.8 Å². The molecule has 150 valence electrons. The summed E-state index contributed by atoms with van der Waals surface area (Å²) in [4.78, 5) is 26.3. The number of carbonyl (C=O) groups excluding carboxylic acids is 1. The summed E-state index contributed by atoms with van der Waals surface area (Å²) < 4.78 is 0. The number of H-pyrrole nitrogens is 1. The Bertz CT molecular complexity index is 757. The number of aromatic amines is 1. The summed E-state index contributed by atoms with van der Waals surface area (Å²) in [6, 6.07) is 14.4. The molecule has 2 fully saturated rings. The lowest BCUT2D eigenvalue weighted by atomic mass is 9.89. The number of aromatic nitrogens is 1. The van der Waals surface area contributed by atoms with Crippen LogP contribution in [0.25, 0.3) is 0 Å². The average Bonchev–Trinajstić information content (AvgIpc) is 3.39. The topological polar surface area (TPSA) is 73.4 Å². The van der Waals surface area contributed by atoms with Crippen LogP contribution in [0, 0.1) is 23.7 Å². The SMILES string of the molecule is CN(C)C1CC2CC(Cc3ccccc3)CC2C1C=O.O=C(O)c1ccc[nH]1. The number of carboxylic acids is 1. The van der Waals surface area contributed by atoms with Gasteiger partial charge in [-0.3, -0.25) is 0 Å². The van der Waals surface area contributed by atoms with E-state index in [0.29, 0.717) is 12.0 Å². The quantitative estimate of drug-likeness (QED) is 0.773. The molecule has 1 aromatic heterocycles. The van der Waals surface area contributed by atoms with Crippen LogP contribution in [0.2, 0.25) is 0 Å². The van der Waals surface area contributed by atoms with E-state index in [-0.39, 0.29) is 11.6 Å². The van der Waals surface area contributed by atoms with E-state index < -0.39 is 5.97 Å². The van der Waals surface area contributed by atoms with E-state index in [4.69, 9.17) is 5.11 Å². The molecular formula is C23H30N2O3. The normalized spacial score (nSPS) is 28.5. The largest absolute Gasteiger partial charge is 0.477 e. The molecule has 1 heterocycles. The smallest absolute Gasteiger partial charge is 0.352 e. The van der Waals surface area contributed by atoms with Gasteiger partial charge in [-0.25, -0.2) is 4.79 Å². The van der Waals surface area contributed by atoms with Crippen LogP contribution in [-0.4, -0.2) is 47.4 Å². The summed E-state index contributed by atoms with van der Waals surface area (Å²) in [6.07, 6.45) is 7.77. The molecule has 5 nitrogen and oxygen atoms in total. The number of hydrogen-bond donors (Lipinski definition) is 2. The van der Waals surface area contributed by atoms with Crippen molar-refractivity contribution in [2.24, 2.45) is 23.7 Å². The summed E-state index contributed by atoms with van der Waals surface area (Å²) in [6.45, 7) is 0. The summed E-state index contributed by atoms with van der Waals surface area (Å²) in [7, 11) is 4.23. The molecule has 2 aliphatic rings. The lowest BCUT2D eigenvalue weighted by Crippen LogP contribution is -2.34. The van der Waals surface area contributed by atoms with Crippen molar-refractivity contribution in [1.82, 2.24) is 9.88 Å². The summed E-state index contributed by atoms with van der Waals surface area (Å²) >= 11 is 0. The second-order valence-corrected chi connectivity index (χ2v) is 8.32. The number of fused-ring (bicyclic) bond motifs is 1. The van der Waals surface area contributed by atoms with E-state index in [9.17, 15) is 9.59 Å². The average molecular weight is 383 g/mol. The number of carbonyl (C=O) groups is 2. The van der Waals surface area contributed by atoms with Crippen molar-refractivity contribution >= 4 is 12.3 Å². The molecule has 0 aliphatic heterocycles. The molecule has 0 saturated heterocycles. The summed E-state index contributed by atoms with van der Waals surface area (Å²) in [5.74, 6) is 1.52. The van der Waals surface area contributed by atoms with Crippen LogP contribution in [-0.2, 0) is 11.2 Å². The molecule has 2 saturated carbocycles. The molecule has 0 spiro atoms. The van der Waals surface area contributed by atoms with Gasteiger partial charge in [0.25, 0.3) is 0 Å². The monoisotopic (exact) mass is 382 g/mol. The highest BCUT2D eigenvalue weighted by Crippen LogP contribution is 2.51. The van der Waals surface area contributed by atoms with Crippen molar-refractivity contribution in [2.45, 2.75) is 31.7 Å². The van der Waals surface area contributed by atoms with Gasteiger partial charge in [-0.15, -0.1) is 0 Å². The number of aromatic carboxylic acids is 1. The molecule has 0 amide bonds. The third-order valence-electron chi connectivity index (χ3n) is 6.35. The Morgan fingerprint density at radius 2 is 1.89 bits per heavy atom. The van der Waals surface area contributed by atoms with Crippen LogP contribution in [0.3, 0.4) is 0 Å². The van der Waals surface area contributed by atoms with Gasteiger partial charge in [0.05, 0.1) is 0 Å². The van der Waals surface area contributed by atoms with Gasteiger partial charge in [0, 0.05) is 18.2 Å². The van der Waals surface area contributed by atoms with Crippen LogP contribution >= 0.6 is 0 Å². The van der Waals surface area contributed by atoms with Gasteiger partial charge in [-0.1, -0.05) is 30.3 Å². The number of rotatable bonds is 5. The van der Waals surface area contributed by atoms with Gasteiger partial charge >= 0.3 is 5.97 Å². The number of hydrogen-bond acceptors (Lipinski definition) is 3. The van der Waals surface area contributed by atoms with E-state index in [2.05, 4.69) is 54.3 Å². The van der Waals surface area contributed by atoms with Gasteiger partial charge in [0.15, 0.2) is 0 Å². The molecule has 0 radical (unpaired) electrons. The van der Waals surface area contributed by atoms with Crippen LogP contribution in [0.1, 0.15) is 35.3 Å². The number of aldehydes is 1. The van der Waals surface area contributed by atoms with Crippen LogP contribution < -0.4 is 0 Å². The Hall–Kier alpha value is -2.40. The molecule has 1 aromatic carbocycles. The first-order chi connectivity index (χ1) is 13.5. The third-order valence-corrected chi connectivity index (χ3v) is 6.35. The molecule has 0 bridgehead atoms. The minimum Gasteiger partial charge on any atom is -0.477 e. The summed E-state index contributed by atoms with van der Waals surface area (Å²) in [5.41, 5.74) is 1.68. The molecule has 2 N–H and O–H groups in total.